The minimum atomic E-state index is -3.53. The summed E-state index contributed by atoms with van der Waals surface area (Å²) in [7, 11) is -2.04. The van der Waals surface area contributed by atoms with E-state index in [1.54, 1.807) is 24.6 Å². The van der Waals surface area contributed by atoms with Crippen molar-refractivity contribution in [3.63, 3.8) is 0 Å². The number of benzene rings is 1. The first kappa shape index (κ1) is 23.9. The van der Waals surface area contributed by atoms with Crippen LogP contribution in [0.1, 0.15) is 29.2 Å². The van der Waals surface area contributed by atoms with E-state index in [1.165, 1.54) is 7.11 Å². The molecule has 1 saturated heterocycles. The maximum atomic E-state index is 12.0. The molecule has 0 saturated carbocycles. The number of anilines is 2. The van der Waals surface area contributed by atoms with E-state index in [4.69, 9.17) is 21.4 Å². The van der Waals surface area contributed by atoms with E-state index in [9.17, 15) is 8.42 Å². The van der Waals surface area contributed by atoms with Crippen molar-refractivity contribution in [2.24, 2.45) is 0 Å². The number of nitrogens with one attached hydrogen (secondary N) is 2. The Hall–Kier alpha value is -3.83. The highest BCUT2D eigenvalue weighted by Crippen LogP contribution is 2.43. The molecule has 1 aliphatic heterocycles. The summed E-state index contributed by atoms with van der Waals surface area (Å²) >= 11 is 5.81. The second-order valence-electron chi connectivity index (χ2n) is 8.40. The first-order valence-corrected chi connectivity index (χ1v) is 13.5. The van der Waals surface area contributed by atoms with Crippen LogP contribution in [0.15, 0.2) is 83.7 Å². The number of ether oxygens (including phenoxy) is 1. The van der Waals surface area contributed by atoms with Gasteiger partial charge >= 0.3 is 0 Å². The second kappa shape index (κ2) is 9.67. The fraction of sp³-hybridized carbons (Fsp3) is 0.200. The van der Waals surface area contributed by atoms with E-state index in [1.807, 2.05) is 59.6 Å². The molecular formula is C25H25N5O4S2. The summed E-state index contributed by atoms with van der Waals surface area (Å²) in [5.74, 6) is 1.23. The lowest BCUT2D eigenvalue weighted by atomic mass is 10.0. The molecule has 1 aromatic carbocycles. The van der Waals surface area contributed by atoms with Gasteiger partial charge in [-0.3, -0.25) is 9.71 Å². The van der Waals surface area contributed by atoms with Crippen LogP contribution >= 0.6 is 12.2 Å². The zero-order chi connectivity index (χ0) is 25.3. The van der Waals surface area contributed by atoms with Crippen molar-refractivity contribution < 1.29 is 17.6 Å². The molecule has 2 unspecified atom stereocenters. The normalized spacial score (nSPS) is 17.7. The molecule has 0 aliphatic carbocycles. The molecule has 3 aromatic heterocycles. The lowest BCUT2D eigenvalue weighted by molar-refractivity contribution is 0.417. The summed E-state index contributed by atoms with van der Waals surface area (Å²) in [6.07, 6.45) is 6.50. The Labute approximate surface area is 214 Å². The minimum Gasteiger partial charge on any atom is -0.495 e. The zero-order valence-corrected chi connectivity index (χ0v) is 21.3. The van der Waals surface area contributed by atoms with E-state index in [0.29, 0.717) is 28.8 Å². The van der Waals surface area contributed by atoms with Crippen molar-refractivity contribution in [2.75, 3.05) is 23.0 Å². The van der Waals surface area contributed by atoms with Crippen molar-refractivity contribution in [2.45, 2.75) is 18.6 Å². The van der Waals surface area contributed by atoms with E-state index >= 15 is 0 Å². The fourth-order valence-electron chi connectivity index (χ4n) is 4.47. The molecule has 4 heterocycles. The third-order valence-electron chi connectivity index (χ3n) is 5.93. The van der Waals surface area contributed by atoms with Crippen LogP contribution in [0, 0.1) is 0 Å². The third-order valence-corrected chi connectivity index (χ3v) is 6.83. The van der Waals surface area contributed by atoms with Crippen LogP contribution in [0.3, 0.4) is 0 Å². The zero-order valence-electron chi connectivity index (χ0n) is 19.7. The van der Waals surface area contributed by atoms with Crippen molar-refractivity contribution >= 4 is 38.7 Å². The third kappa shape index (κ3) is 4.79. The van der Waals surface area contributed by atoms with Crippen LogP contribution in [0.4, 0.5) is 11.4 Å². The van der Waals surface area contributed by atoms with Crippen LogP contribution in [0.25, 0.3) is 0 Å². The van der Waals surface area contributed by atoms with Gasteiger partial charge in [-0.25, -0.2) is 8.42 Å². The van der Waals surface area contributed by atoms with Crippen molar-refractivity contribution in [1.82, 2.24) is 14.9 Å². The average molecular weight is 524 g/mol. The minimum absolute atomic E-state index is 0.252. The second-order valence-corrected chi connectivity index (χ2v) is 10.5. The molecule has 186 valence electrons. The van der Waals surface area contributed by atoms with Crippen molar-refractivity contribution in [3.8, 4) is 5.75 Å². The largest absolute Gasteiger partial charge is 0.495 e. The Kier molecular flexibility index (Phi) is 6.42. The van der Waals surface area contributed by atoms with E-state index in [2.05, 4.69) is 19.6 Å². The van der Waals surface area contributed by atoms with Crippen molar-refractivity contribution in [1.29, 1.82) is 0 Å². The molecule has 0 amide bonds. The number of rotatable bonds is 8. The van der Waals surface area contributed by atoms with Gasteiger partial charge in [0.2, 0.25) is 10.0 Å². The van der Waals surface area contributed by atoms with Gasteiger partial charge in [0, 0.05) is 23.8 Å². The van der Waals surface area contributed by atoms with E-state index in [0.717, 1.165) is 23.4 Å². The number of thiocarbonyl (C=S) groups is 1. The Morgan fingerprint density at radius 1 is 1.17 bits per heavy atom. The van der Waals surface area contributed by atoms with E-state index in [-0.39, 0.29) is 12.1 Å². The van der Waals surface area contributed by atoms with E-state index < -0.39 is 10.0 Å². The van der Waals surface area contributed by atoms with Gasteiger partial charge in [-0.05, 0) is 66.8 Å². The molecule has 36 heavy (non-hydrogen) atoms. The van der Waals surface area contributed by atoms with Crippen LogP contribution in [-0.4, -0.2) is 36.4 Å². The number of sulfonamides is 1. The molecule has 0 radical (unpaired) electrons. The molecule has 2 atom stereocenters. The van der Waals surface area contributed by atoms with Crippen LogP contribution < -0.4 is 19.7 Å². The molecular weight excluding hydrogens is 498 g/mol. The summed E-state index contributed by atoms with van der Waals surface area (Å²) in [4.78, 5) is 6.58. The topological polar surface area (TPSA) is 102 Å². The maximum Gasteiger partial charge on any atom is 0.229 e. The number of hydrogen-bond acceptors (Lipinski definition) is 6. The van der Waals surface area contributed by atoms with Gasteiger partial charge in [-0.1, -0.05) is 6.07 Å². The molecule has 1 aliphatic rings. The highest BCUT2D eigenvalue weighted by Gasteiger charge is 2.42. The molecule has 11 heteroatoms. The lowest BCUT2D eigenvalue weighted by Gasteiger charge is -2.29. The standard InChI is InChI=1S/C25H25N5O4S2/c1-33-22-11-10-17(15-20(22)28-36(2,31)32)30-24(23(27-25(30)35)19-8-3-4-12-26-19)21-9-5-13-29(21)16-18-7-6-14-34-18/h3-15,23-24,28H,16H2,1-2H3,(H,27,35). The number of aromatic nitrogens is 2. The molecule has 9 nitrogen and oxygen atoms in total. The number of nitrogens with zero attached hydrogens (tertiary/aromatic N) is 3. The Morgan fingerprint density at radius 3 is 2.72 bits per heavy atom. The highest BCUT2D eigenvalue weighted by atomic mass is 32.2. The predicted octanol–water partition coefficient (Wildman–Crippen LogP) is 4.08. The highest BCUT2D eigenvalue weighted by molar-refractivity contribution is 7.92. The Balaban J connectivity index is 1.62. The smallest absolute Gasteiger partial charge is 0.229 e. The van der Waals surface area contributed by atoms with Crippen molar-refractivity contribution in [3.05, 3.63) is 96.5 Å². The fourth-order valence-corrected chi connectivity index (χ4v) is 5.37. The Morgan fingerprint density at radius 2 is 2.03 bits per heavy atom. The number of pyridine rings is 1. The van der Waals surface area contributed by atoms with Gasteiger partial charge in [-0.2, -0.15) is 0 Å². The van der Waals surface area contributed by atoms with Gasteiger partial charge in [0.25, 0.3) is 0 Å². The van der Waals surface area contributed by atoms with Gasteiger partial charge in [0.05, 0.1) is 43.6 Å². The molecule has 1 fully saturated rings. The first-order valence-electron chi connectivity index (χ1n) is 11.2. The monoisotopic (exact) mass is 523 g/mol. The lowest BCUT2D eigenvalue weighted by Crippen LogP contribution is -2.30. The average Bonchev–Trinajstić information content (AvgIpc) is 3.59. The van der Waals surface area contributed by atoms with Gasteiger partial charge in [0.15, 0.2) is 5.11 Å². The Bertz CT molecular complexity index is 1470. The quantitative estimate of drug-likeness (QED) is 0.333. The summed E-state index contributed by atoms with van der Waals surface area (Å²) < 4.78 is 39.6. The van der Waals surface area contributed by atoms with Crippen LogP contribution in [0.5, 0.6) is 5.75 Å². The first-order chi connectivity index (χ1) is 17.3. The molecule has 0 spiro atoms. The summed E-state index contributed by atoms with van der Waals surface area (Å²) in [5, 5.41) is 3.92. The molecule has 0 bridgehead atoms. The predicted molar refractivity (Wildman–Crippen MR) is 142 cm³/mol. The molecule has 5 rings (SSSR count). The SMILES string of the molecule is COc1ccc(N2C(=S)NC(c3ccccn3)C2c2cccn2Cc2ccco2)cc1NS(C)(=O)=O. The number of furan rings is 1. The number of hydrogen-bond donors (Lipinski definition) is 2. The van der Waals surface area contributed by atoms with Gasteiger partial charge < -0.3 is 23.9 Å². The summed E-state index contributed by atoms with van der Waals surface area (Å²) in [5.41, 5.74) is 2.85. The van der Waals surface area contributed by atoms with Gasteiger partial charge in [0.1, 0.15) is 17.6 Å². The maximum absolute atomic E-state index is 12.0. The van der Waals surface area contributed by atoms with Gasteiger partial charge in [-0.15, -0.1) is 0 Å². The molecule has 4 aromatic rings. The summed E-state index contributed by atoms with van der Waals surface area (Å²) in [6.45, 7) is 0.546. The van der Waals surface area contributed by atoms with Crippen LogP contribution in [-0.2, 0) is 16.6 Å². The summed E-state index contributed by atoms with van der Waals surface area (Å²) in [6, 6.07) is 18.4. The van der Waals surface area contributed by atoms with Crippen LogP contribution in [0.2, 0.25) is 0 Å². The molecule has 2 N–H and O–H groups in total. The number of methoxy groups -OCH3 is 1.